The Hall–Kier alpha value is -1.39. The average molecular weight is 261 g/mol. The summed E-state index contributed by atoms with van der Waals surface area (Å²) >= 11 is 0. The van der Waals surface area contributed by atoms with Crippen LogP contribution in [0.2, 0.25) is 0 Å². The molecule has 2 fully saturated rings. The third-order valence-electron chi connectivity index (χ3n) is 4.15. The number of nitrogens with zero attached hydrogens (tertiary/aromatic N) is 1. The molecule has 0 radical (unpaired) electrons. The number of ether oxygens (including phenoxy) is 1. The van der Waals surface area contributed by atoms with Crippen LogP contribution in [0.5, 0.6) is 0 Å². The predicted octanol–water partition coefficient (Wildman–Crippen LogP) is 1.63. The molecule has 2 saturated heterocycles. The minimum Gasteiger partial charge on any atom is -0.380 e. The van der Waals surface area contributed by atoms with Crippen molar-refractivity contribution in [2.75, 3.05) is 6.61 Å². The van der Waals surface area contributed by atoms with Crippen molar-refractivity contribution in [2.24, 2.45) is 0 Å². The van der Waals surface area contributed by atoms with Crippen molar-refractivity contribution >= 4 is 5.91 Å². The van der Waals surface area contributed by atoms with Crippen LogP contribution in [-0.4, -0.2) is 34.3 Å². The van der Waals surface area contributed by atoms with Crippen molar-refractivity contribution in [3.8, 4) is 0 Å². The van der Waals surface area contributed by atoms with E-state index in [1.165, 1.54) is 0 Å². The van der Waals surface area contributed by atoms with Crippen LogP contribution in [0.25, 0.3) is 0 Å². The first-order chi connectivity index (χ1) is 8.95. The van der Waals surface area contributed by atoms with E-state index in [9.17, 15) is 9.90 Å². The maximum absolute atomic E-state index is 12.1. The van der Waals surface area contributed by atoms with Crippen molar-refractivity contribution in [2.45, 2.75) is 44.1 Å². The summed E-state index contributed by atoms with van der Waals surface area (Å²) in [5.74, 6) is 0.0631. The van der Waals surface area contributed by atoms with Gasteiger partial charge in [-0.1, -0.05) is 30.3 Å². The van der Waals surface area contributed by atoms with Crippen molar-refractivity contribution in [3.05, 3.63) is 35.9 Å². The SMILES string of the molecule is CC1(C)CO[C@@H]2N1C(=O)CC[C@@]2(O)c1ccccc1. The molecule has 2 atom stereocenters. The highest BCUT2D eigenvalue weighted by atomic mass is 16.5. The summed E-state index contributed by atoms with van der Waals surface area (Å²) in [4.78, 5) is 13.9. The molecule has 1 N–H and O–H groups in total. The molecule has 0 spiro atoms. The van der Waals surface area contributed by atoms with E-state index in [2.05, 4.69) is 0 Å². The normalized spacial score (nSPS) is 33.3. The second kappa shape index (κ2) is 4.05. The summed E-state index contributed by atoms with van der Waals surface area (Å²) in [5.41, 5.74) is -0.649. The molecule has 4 nitrogen and oxygen atoms in total. The molecule has 2 aliphatic rings. The highest BCUT2D eigenvalue weighted by molar-refractivity contribution is 5.79. The van der Waals surface area contributed by atoms with Crippen molar-refractivity contribution in [3.63, 3.8) is 0 Å². The fourth-order valence-electron chi connectivity index (χ4n) is 3.12. The zero-order valence-electron chi connectivity index (χ0n) is 11.3. The molecule has 4 heteroatoms. The van der Waals surface area contributed by atoms with Crippen LogP contribution in [0.1, 0.15) is 32.3 Å². The summed E-state index contributed by atoms with van der Waals surface area (Å²) in [5, 5.41) is 11.0. The maximum Gasteiger partial charge on any atom is 0.225 e. The van der Waals surface area contributed by atoms with Gasteiger partial charge in [0.25, 0.3) is 0 Å². The van der Waals surface area contributed by atoms with E-state index in [4.69, 9.17) is 4.74 Å². The first-order valence-electron chi connectivity index (χ1n) is 6.67. The molecule has 0 aliphatic carbocycles. The van der Waals surface area contributed by atoms with Crippen molar-refractivity contribution < 1.29 is 14.6 Å². The van der Waals surface area contributed by atoms with Gasteiger partial charge in [-0.25, -0.2) is 0 Å². The summed E-state index contributed by atoms with van der Waals surface area (Å²) in [6, 6.07) is 9.49. The van der Waals surface area contributed by atoms with Gasteiger partial charge in [0.05, 0.1) is 12.1 Å². The second-order valence-electron chi connectivity index (χ2n) is 6.03. The molecule has 1 amide bonds. The molecular formula is C15H19NO3. The number of hydrogen-bond acceptors (Lipinski definition) is 3. The van der Waals surface area contributed by atoms with Gasteiger partial charge in [-0.05, 0) is 25.8 Å². The van der Waals surface area contributed by atoms with Gasteiger partial charge < -0.3 is 14.7 Å². The minimum atomic E-state index is -1.11. The minimum absolute atomic E-state index is 0.0631. The number of aliphatic hydroxyl groups is 1. The molecule has 0 bridgehead atoms. The average Bonchev–Trinajstić information content (AvgIpc) is 2.73. The van der Waals surface area contributed by atoms with Crippen molar-refractivity contribution in [1.82, 2.24) is 4.90 Å². The number of rotatable bonds is 1. The number of carbonyl (C=O) groups is 1. The van der Waals surface area contributed by atoms with Gasteiger partial charge in [0.15, 0.2) is 6.23 Å². The zero-order chi connectivity index (χ0) is 13.7. The number of hydrogen-bond donors (Lipinski definition) is 1. The third kappa shape index (κ3) is 1.78. The van der Waals surface area contributed by atoms with E-state index in [0.29, 0.717) is 19.4 Å². The van der Waals surface area contributed by atoms with E-state index in [0.717, 1.165) is 5.56 Å². The Morgan fingerprint density at radius 2 is 2.00 bits per heavy atom. The van der Waals surface area contributed by atoms with E-state index >= 15 is 0 Å². The Morgan fingerprint density at radius 1 is 1.32 bits per heavy atom. The van der Waals surface area contributed by atoms with E-state index in [-0.39, 0.29) is 11.4 Å². The Morgan fingerprint density at radius 3 is 2.68 bits per heavy atom. The number of fused-ring (bicyclic) bond motifs is 1. The molecule has 0 unspecified atom stereocenters. The second-order valence-corrected chi connectivity index (χ2v) is 6.03. The largest absolute Gasteiger partial charge is 0.380 e. The molecule has 102 valence electrons. The molecule has 19 heavy (non-hydrogen) atoms. The third-order valence-corrected chi connectivity index (χ3v) is 4.15. The van der Waals surface area contributed by atoms with Crippen LogP contribution in [-0.2, 0) is 15.1 Å². The van der Waals surface area contributed by atoms with Crippen LogP contribution in [0, 0.1) is 0 Å². The van der Waals surface area contributed by atoms with Gasteiger partial charge in [-0.15, -0.1) is 0 Å². The molecule has 1 aromatic carbocycles. The van der Waals surface area contributed by atoms with Crippen LogP contribution in [0.3, 0.4) is 0 Å². The highest BCUT2D eigenvalue weighted by Crippen LogP contribution is 2.44. The van der Waals surface area contributed by atoms with Gasteiger partial charge in [-0.3, -0.25) is 4.79 Å². The lowest BCUT2D eigenvalue weighted by atomic mass is 9.82. The van der Waals surface area contributed by atoms with E-state index in [1.807, 2.05) is 44.2 Å². The summed E-state index contributed by atoms with van der Waals surface area (Å²) in [6.07, 6.45) is 0.188. The fraction of sp³-hybridized carbons (Fsp3) is 0.533. The van der Waals surface area contributed by atoms with Crippen LogP contribution < -0.4 is 0 Å². The quantitative estimate of drug-likeness (QED) is 0.836. The lowest BCUT2D eigenvalue weighted by molar-refractivity contribution is -0.184. The van der Waals surface area contributed by atoms with Gasteiger partial charge in [-0.2, -0.15) is 0 Å². The molecule has 1 aromatic rings. The monoisotopic (exact) mass is 261 g/mol. The van der Waals surface area contributed by atoms with Crippen molar-refractivity contribution in [1.29, 1.82) is 0 Å². The van der Waals surface area contributed by atoms with Gasteiger partial charge >= 0.3 is 0 Å². The predicted molar refractivity (Wildman–Crippen MR) is 70.2 cm³/mol. The van der Waals surface area contributed by atoms with E-state index < -0.39 is 11.8 Å². The summed E-state index contributed by atoms with van der Waals surface area (Å²) in [7, 11) is 0. The van der Waals surface area contributed by atoms with Crippen LogP contribution >= 0.6 is 0 Å². The Bertz CT molecular complexity index is 499. The summed E-state index contributed by atoms with van der Waals surface area (Å²) < 4.78 is 5.77. The van der Waals surface area contributed by atoms with Crippen LogP contribution in [0.15, 0.2) is 30.3 Å². The van der Waals surface area contributed by atoms with E-state index in [1.54, 1.807) is 4.90 Å². The fourth-order valence-corrected chi connectivity index (χ4v) is 3.12. The number of carbonyl (C=O) groups excluding carboxylic acids is 1. The topological polar surface area (TPSA) is 49.8 Å². The smallest absolute Gasteiger partial charge is 0.225 e. The number of amides is 1. The molecular weight excluding hydrogens is 242 g/mol. The maximum atomic E-state index is 12.1. The van der Waals surface area contributed by atoms with Crippen LogP contribution in [0.4, 0.5) is 0 Å². The molecule has 0 saturated carbocycles. The number of piperidine rings is 1. The molecule has 0 aromatic heterocycles. The zero-order valence-corrected chi connectivity index (χ0v) is 11.3. The Labute approximate surface area is 113 Å². The first kappa shape index (κ1) is 12.6. The Kier molecular flexibility index (Phi) is 2.69. The van der Waals surface area contributed by atoms with Gasteiger partial charge in [0, 0.05) is 6.42 Å². The Balaban J connectivity index is 2.03. The molecule has 3 rings (SSSR count). The standard InChI is InChI=1S/C15H19NO3/c1-14(2)10-19-13-15(18,9-8-12(17)16(13)14)11-6-4-3-5-7-11/h3-7,13,18H,8-10H2,1-2H3/t13-,15+/m0/s1. The van der Waals surface area contributed by atoms with Gasteiger partial charge in [0.1, 0.15) is 5.60 Å². The lowest BCUT2D eigenvalue weighted by Crippen LogP contribution is -2.59. The number of benzene rings is 1. The molecule has 2 aliphatic heterocycles. The molecule has 2 heterocycles. The summed E-state index contributed by atoms with van der Waals surface area (Å²) in [6.45, 7) is 4.40. The van der Waals surface area contributed by atoms with Gasteiger partial charge in [0.2, 0.25) is 5.91 Å². The highest BCUT2D eigenvalue weighted by Gasteiger charge is 2.56. The lowest BCUT2D eigenvalue weighted by Gasteiger charge is -2.45. The first-order valence-corrected chi connectivity index (χ1v) is 6.67.